The van der Waals surface area contributed by atoms with Gasteiger partial charge in [0.25, 0.3) is 0 Å². The van der Waals surface area contributed by atoms with E-state index in [1.54, 1.807) is 7.11 Å². The van der Waals surface area contributed by atoms with Gasteiger partial charge in [-0.2, -0.15) is 0 Å². The van der Waals surface area contributed by atoms with Gasteiger partial charge in [-0.05, 0) is 63.5 Å². The Balaban J connectivity index is 1.89. The summed E-state index contributed by atoms with van der Waals surface area (Å²) in [6.45, 7) is 13.0. The van der Waals surface area contributed by atoms with Gasteiger partial charge in [-0.15, -0.1) is 0 Å². The molecule has 0 spiro atoms. The Labute approximate surface area is 155 Å². The highest BCUT2D eigenvalue weighted by atomic mass is 16.5. The molecule has 146 valence electrons. The highest BCUT2D eigenvalue weighted by Gasteiger charge is 2.36. The van der Waals surface area contributed by atoms with Crippen LogP contribution in [0.15, 0.2) is 4.99 Å². The van der Waals surface area contributed by atoms with Crippen molar-refractivity contribution < 1.29 is 4.74 Å². The van der Waals surface area contributed by atoms with Crippen molar-refractivity contribution in [3.63, 3.8) is 0 Å². The lowest BCUT2D eigenvalue weighted by atomic mass is 9.67. The highest BCUT2D eigenvalue weighted by Crippen LogP contribution is 2.44. The molecule has 1 unspecified atom stereocenters. The van der Waals surface area contributed by atoms with Crippen molar-refractivity contribution >= 4 is 5.96 Å². The van der Waals surface area contributed by atoms with E-state index < -0.39 is 0 Å². The zero-order valence-electron chi connectivity index (χ0n) is 16.9. The van der Waals surface area contributed by atoms with Gasteiger partial charge in [0.05, 0.1) is 0 Å². The van der Waals surface area contributed by atoms with Crippen LogP contribution in [0, 0.1) is 11.3 Å². The van der Waals surface area contributed by atoms with Gasteiger partial charge in [0.15, 0.2) is 5.96 Å². The van der Waals surface area contributed by atoms with Gasteiger partial charge >= 0.3 is 0 Å². The monoisotopic (exact) mass is 352 g/mol. The zero-order chi connectivity index (χ0) is 18.1. The number of hydrogen-bond donors (Lipinski definition) is 2. The number of aliphatic imine (C=N–C) groups is 1. The second-order valence-electron chi connectivity index (χ2n) is 8.23. The lowest BCUT2D eigenvalue weighted by Gasteiger charge is -2.41. The van der Waals surface area contributed by atoms with E-state index in [2.05, 4.69) is 36.3 Å². The first-order valence-electron chi connectivity index (χ1n) is 10.4. The van der Waals surface area contributed by atoms with Gasteiger partial charge in [0.2, 0.25) is 0 Å². The van der Waals surface area contributed by atoms with Crippen LogP contribution >= 0.6 is 0 Å². The molecule has 2 fully saturated rings. The van der Waals surface area contributed by atoms with E-state index in [0.29, 0.717) is 17.4 Å². The molecule has 2 aliphatic rings. The molecule has 0 aromatic rings. The molecule has 2 N–H and O–H groups in total. The van der Waals surface area contributed by atoms with Crippen molar-refractivity contribution in [2.75, 3.05) is 46.4 Å². The number of ether oxygens (including phenoxy) is 1. The molecule has 5 heteroatoms. The fourth-order valence-electron chi connectivity index (χ4n) is 4.13. The summed E-state index contributed by atoms with van der Waals surface area (Å²) < 4.78 is 5.30. The largest absolute Gasteiger partial charge is 0.385 e. The van der Waals surface area contributed by atoms with Crippen LogP contribution in [0.5, 0.6) is 0 Å². The molecule has 25 heavy (non-hydrogen) atoms. The minimum Gasteiger partial charge on any atom is -0.385 e. The maximum atomic E-state index is 5.30. The molecule has 0 aromatic carbocycles. The third kappa shape index (κ3) is 6.14. The van der Waals surface area contributed by atoms with Crippen LogP contribution in [0.2, 0.25) is 0 Å². The Hall–Kier alpha value is -0.810. The molecule has 1 atom stereocenters. The smallest absolute Gasteiger partial charge is 0.191 e. The number of nitrogens with one attached hydrogen (secondary N) is 2. The standard InChI is InChI=1S/C20H40N4O/c1-5-21-19(23-16-20(9-8-10-20)11-14-25-4)22-15-18(17(2)3)24-12-6-7-13-24/h17-18H,5-16H2,1-4H3,(H2,21,22,23). The third-order valence-electron chi connectivity index (χ3n) is 6.03. The fourth-order valence-corrected chi connectivity index (χ4v) is 4.13. The first-order valence-corrected chi connectivity index (χ1v) is 10.4. The molecule has 0 amide bonds. The van der Waals surface area contributed by atoms with Crippen molar-refractivity contribution in [3.8, 4) is 0 Å². The molecule has 1 aliphatic carbocycles. The predicted octanol–water partition coefficient (Wildman–Crippen LogP) is 2.87. The summed E-state index contributed by atoms with van der Waals surface area (Å²) in [7, 11) is 1.80. The van der Waals surface area contributed by atoms with E-state index in [9.17, 15) is 0 Å². The van der Waals surface area contributed by atoms with Gasteiger partial charge in [-0.1, -0.05) is 20.3 Å². The number of nitrogens with zero attached hydrogens (tertiary/aromatic N) is 2. The molecule has 1 saturated carbocycles. The minimum absolute atomic E-state index is 0.380. The van der Waals surface area contributed by atoms with Crippen molar-refractivity contribution in [2.24, 2.45) is 16.3 Å². The van der Waals surface area contributed by atoms with E-state index in [1.807, 2.05) is 0 Å². The summed E-state index contributed by atoms with van der Waals surface area (Å²) in [5, 5.41) is 7.06. The topological polar surface area (TPSA) is 48.9 Å². The second-order valence-corrected chi connectivity index (χ2v) is 8.23. The summed E-state index contributed by atoms with van der Waals surface area (Å²) in [6, 6.07) is 0.595. The van der Waals surface area contributed by atoms with Crippen LogP contribution in [0.1, 0.15) is 59.3 Å². The van der Waals surface area contributed by atoms with Crippen LogP contribution in [0.4, 0.5) is 0 Å². The van der Waals surface area contributed by atoms with Crippen LogP contribution in [-0.2, 0) is 4.74 Å². The third-order valence-corrected chi connectivity index (χ3v) is 6.03. The normalized spacial score (nSPS) is 22.0. The van der Waals surface area contributed by atoms with E-state index in [0.717, 1.165) is 38.6 Å². The molecule has 0 aromatic heterocycles. The SMILES string of the molecule is CCNC(=NCC1(CCOC)CCC1)NCC(C(C)C)N1CCCC1. The van der Waals surface area contributed by atoms with Gasteiger partial charge in [0, 0.05) is 39.4 Å². The Morgan fingerprint density at radius 1 is 1.16 bits per heavy atom. The van der Waals surface area contributed by atoms with Gasteiger partial charge in [-0.25, -0.2) is 0 Å². The molecule has 0 radical (unpaired) electrons. The Morgan fingerprint density at radius 3 is 2.40 bits per heavy atom. The van der Waals surface area contributed by atoms with E-state index in [1.165, 1.54) is 45.2 Å². The maximum Gasteiger partial charge on any atom is 0.191 e. The maximum absolute atomic E-state index is 5.30. The van der Waals surface area contributed by atoms with E-state index in [-0.39, 0.29) is 0 Å². The molecular weight excluding hydrogens is 312 g/mol. The minimum atomic E-state index is 0.380. The average Bonchev–Trinajstić information content (AvgIpc) is 3.07. The first-order chi connectivity index (χ1) is 12.1. The summed E-state index contributed by atoms with van der Waals surface area (Å²) >= 11 is 0. The Kier molecular flexibility index (Phi) is 8.50. The van der Waals surface area contributed by atoms with Crippen molar-refractivity contribution in [2.45, 2.75) is 65.3 Å². The van der Waals surface area contributed by atoms with Gasteiger partial charge in [0.1, 0.15) is 0 Å². The Morgan fingerprint density at radius 2 is 1.88 bits per heavy atom. The molecule has 5 nitrogen and oxygen atoms in total. The molecular formula is C20H40N4O. The zero-order valence-corrected chi connectivity index (χ0v) is 16.9. The van der Waals surface area contributed by atoms with Crippen LogP contribution < -0.4 is 10.6 Å². The fraction of sp³-hybridized carbons (Fsp3) is 0.950. The Bertz CT molecular complexity index is 401. The molecule has 0 bridgehead atoms. The van der Waals surface area contributed by atoms with Crippen molar-refractivity contribution in [1.29, 1.82) is 0 Å². The van der Waals surface area contributed by atoms with E-state index >= 15 is 0 Å². The quantitative estimate of drug-likeness (QED) is 0.469. The van der Waals surface area contributed by atoms with Crippen molar-refractivity contribution in [1.82, 2.24) is 15.5 Å². The second kappa shape index (κ2) is 10.4. The summed E-state index contributed by atoms with van der Waals surface area (Å²) in [5.74, 6) is 1.64. The number of methoxy groups -OCH3 is 1. The molecule has 2 rings (SSSR count). The van der Waals surface area contributed by atoms with Gasteiger partial charge in [-0.3, -0.25) is 9.89 Å². The lowest BCUT2D eigenvalue weighted by molar-refractivity contribution is 0.0778. The lowest BCUT2D eigenvalue weighted by Crippen LogP contribution is -2.49. The number of likely N-dealkylation sites (tertiary alicyclic amines) is 1. The highest BCUT2D eigenvalue weighted by molar-refractivity contribution is 5.79. The predicted molar refractivity (Wildman–Crippen MR) is 106 cm³/mol. The molecule has 1 aliphatic heterocycles. The van der Waals surface area contributed by atoms with E-state index in [4.69, 9.17) is 9.73 Å². The van der Waals surface area contributed by atoms with Crippen LogP contribution in [0.3, 0.4) is 0 Å². The summed E-state index contributed by atoms with van der Waals surface area (Å²) in [4.78, 5) is 7.58. The van der Waals surface area contributed by atoms with Crippen LogP contribution in [-0.4, -0.2) is 63.3 Å². The van der Waals surface area contributed by atoms with Gasteiger partial charge < -0.3 is 15.4 Å². The molecule has 1 heterocycles. The average molecular weight is 353 g/mol. The van der Waals surface area contributed by atoms with Crippen LogP contribution in [0.25, 0.3) is 0 Å². The number of guanidine groups is 1. The first kappa shape index (κ1) is 20.5. The van der Waals surface area contributed by atoms with Crippen molar-refractivity contribution in [3.05, 3.63) is 0 Å². The summed E-state index contributed by atoms with van der Waals surface area (Å²) in [5.41, 5.74) is 0.380. The summed E-state index contributed by atoms with van der Waals surface area (Å²) in [6.07, 6.45) is 7.75. The number of hydrogen-bond acceptors (Lipinski definition) is 3. The number of rotatable bonds is 10. The molecule has 1 saturated heterocycles.